The van der Waals surface area contributed by atoms with Gasteiger partial charge in [-0.1, -0.05) is 44.2 Å². The van der Waals surface area contributed by atoms with Crippen molar-refractivity contribution in [2.75, 3.05) is 26.2 Å². The van der Waals surface area contributed by atoms with Crippen molar-refractivity contribution in [2.45, 2.75) is 39.4 Å². The summed E-state index contributed by atoms with van der Waals surface area (Å²) in [6.45, 7) is 8.53. The SMILES string of the molecule is CC1(C)CCN(CC(O)COCc2ccccc2)CC1. The third-order valence-electron chi connectivity index (χ3n) is 4.10. The number of aliphatic hydroxyl groups excluding tert-OH is 1. The lowest BCUT2D eigenvalue weighted by molar-refractivity contribution is 0.000320. The van der Waals surface area contributed by atoms with Crippen LogP contribution in [-0.4, -0.2) is 42.4 Å². The van der Waals surface area contributed by atoms with Crippen LogP contribution < -0.4 is 0 Å². The second-order valence-electron chi connectivity index (χ2n) is 6.62. The summed E-state index contributed by atoms with van der Waals surface area (Å²) in [5, 5.41) is 10.0. The van der Waals surface area contributed by atoms with Crippen LogP contribution in [0.3, 0.4) is 0 Å². The molecule has 1 unspecified atom stereocenters. The smallest absolute Gasteiger partial charge is 0.0900 e. The van der Waals surface area contributed by atoms with Gasteiger partial charge in [-0.25, -0.2) is 0 Å². The van der Waals surface area contributed by atoms with Gasteiger partial charge in [0.25, 0.3) is 0 Å². The van der Waals surface area contributed by atoms with Gasteiger partial charge in [-0.2, -0.15) is 0 Å². The van der Waals surface area contributed by atoms with Crippen molar-refractivity contribution in [1.82, 2.24) is 4.90 Å². The molecule has 2 rings (SSSR count). The molecule has 1 aromatic carbocycles. The number of aliphatic hydroxyl groups is 1. The quantitative estimate of drug-likeness (QED) is 0.868. The number of rotatable bonds is 6. The number of ether oxygens (including phenoxy) is 1. The maximum Gasteiger partial charge on any atom is 0.0900 e. The Morgan fingerprint density at radius 3 is 2.50 bits per heavy atom. The Labute approximate surface area is 122 Å². The lowest BCUT2D eigenvalue weighted by atomic mass is 9.82. The van der Waals surface area contributed by atoms with E-state index in [-0.39, 0.29) is 6.10 Å². The molecule has 0 aromatic heterocycles. The van der Waals surface area contributed by atoms with E-state index in [0.717, 1.165) is 25.2 Å². The van der Waals surface area contributed by atoms with Gasteiger partial charge in [0.1, 0.15) is 0 Å². The zero-order valence-electron chi connectivity index (χ0n) is 12.7. The highest BCUT2D eigenvalue weighted by Gasteiger charge is 2.26. The second kappa shape index (κ2) is 7.21. The fourth-order valence-electron chi connectivity index (χ4n) is 2.58. The predicted molar refractivity (Wildman–Crippen MR) is 81.6 cm³/mol. The lowest BCUT2D eigenvalue weighted by Gasteiger charge is -2.37. The fourth-order valence-corrected chi connectivity index (χ4v) is 2.58. The molecule has 1 saturated heterocycles. The van der Waals surface area contributed by atoms with Crippen LogP contribution in [0.5, 0.6) is 0 Å². The monoisotopic (exact) mass is 277 g/mol. The fraction of sp³-hybridized carbons (Fsp3) is 0.647. The van der Waals surface area contributed by atoms with Gasteiger partial charge >= 0.3 is 0 Å². The second-order valence-corrected chi connectivity index (χ2v) is 6.62. The van der Waals surface area contributed by atoms with Crippen molar-refractivity contribution in [1.29, 1.82) is 0 Å². The highest BCUT2D eigenvalue weighted by Crippen LogP contribution is 2.29. The van der Waals surface area contributed by atoms with Crippen molar-refractivity contribution in [3.8, 4) is 0 Å². The van der Waals surface area contributed by atoms with Crippen LogP contribution in [0.25, 0.3) is 0 Å². The molecule has 0 amide bonds. The van der Waals surface area contributed by atoms with Crippen LogP contribution in [0.15, 0.2) is 30.3 Å². The molecule has 20 heavy (non-hydrogen) atoms. The molecule has 0 saturated carbocycles. The van der Waals surface area contributed by atoms with Gasteiger partial charge in [0.05, 0.1) is 19.3 Å². The summed E-state index contributed by atoms with van der Waals surface area (Å²) in [7, 11) is 0. The van der Waals surface area contributed by atoms with Crippen LogP contribution in [0.2, 0.25) is 0 Å². The molecule has 3 nitrogen and oxygen atoms in total. The lowest BCUT2D eigenvalue weighted by Crippen LogP contribution is -2.42. The maximum absolute atomic E-state index is 10.0. The Balaban J connectivity index is 1.62. The number of likely N-dealkylation sites (tertiary alicyclic amines) is 1. The van der Waals surface area contributed by atoms with Crippen LogP contribution in [0.1, 0.15) is 32.3 Å². The van der Waals surface area contributed by atoms with E-state index in [2.05, 4.69) is 18.7 Å². The normalized spacial score (nSPS) is 20.8. The van der Waals surface area contributed by atoms with Gasteiger partial charge in [0.15, 0.2) is 0 Å². The number of β-amino-alcohol motifs (C(OH)–C–C–N with tert-alkyl or cyclic N) is 1. The van der Waals surface area contributed by atoms with E-state index in [0.29, 0.717) is 18.6 Å². The third-order valence-corrected chi connectivity index (χ3v) is 4.10. The van der Waals surface area contributed by atoms with Crippen LogP contribution in [0, 0.1) is 5.41 Å². The van der Waals surface area contributed by atoms with E-state index in [9.17, 15) is 5.11 Å². The summed E-state index contributed by atoms with van der Waals surface area (Å²) in [6, 6.07) is 10.1. The minimum Gasteiger partial charge on any atom is -0.389 e. The zero-order valence-corrected chi connectivity index (χ0v) is 12.7. The molecule has 1 N–H and O–H groups in total. The number of hydrogen-bond donors (Lipinski definition) is 1. The first-order valence-corrected chi connectivity index (χ1v) is 7.57. The van der Waals surface area contributed by atoms with Gasteiger partial charge in [-0.05, 0) is 36.9 Å². The van der Waals surface area contributed by atoms with E-state index in [1.807, 2.05) is 30.3 Å². The molecule has 1 heterocycles. The summed E-state index contributed by atoms with van der Waals surface area (Å²) < 4.78 is 5.59. The van der Waals surface area contributed by atoms with Gasteiger partial charge in [0.2, 0.25) is 0 Å². The van der Waals surface area contributed by atoms with Crippen molar-refractivity contribution in [3.05, 3.63) is 35.9 Å². The average Bonchev–Trinajstić information content (AvgIpc) is 2.42. The molecule has 0 aliphatic carbocycles. The minimum atomic E-state index is -0.389. The Morgan fingerprint density at radius 2 is 1.85 bits per heavy atom. The van der Waals surface area contributed by atoms with Crippen molar-refractivity contribution in [3.63, 3.8) is 0 Å². The Morgan fingerprint density at radius 1 is 1.20 bits per heavy atom. The van der Waals surface area contributed by atoms with Gasteiger partial charge in [-0.3, -0.25) is 0 Å². The first kappa shape index (κ1) is 15.5. The summed E-state index contributed by atoms with van der Waals surface area (Å²) in [5.74, 6) is 0. The number of benzene rings is 1. The molecule has 1 aliphatic rings. The third kappa shape index (κ3) is 5.23. The molecule has 1 atom stereocenters. The highest BCUT2D eigenvalue weighted by molar-refractivity contribution is 5.13. The number of piperidine rings is 1. The van der Waals surface area contributed by atoms with E-state index >= 15 is 0 Å². The molecule has 0 bridgehead atoms. The van der Waals surface area contributed by atoms with Crippen molar-refractivity contribution >= 4 is 0 Å². The summed E-state index contributed by atoms with van der Waals surface area (Å²) in [4.78, 5) is 2.35. The highest BCUT2D eigenvalue weighted by atomic mass is 16.5. The van der Waals surface area contributed by atoms with Gasteiger partial charge < -0.3 is 14.7 Å². The molecule has 1 fully saturated rings. The van der Waals surface area contributed by atoms with E-state index in [4.69, 9.17) is 4.74 Å². The van der Waals surface area contributed by atoms with Crippen molar-refractivity contribution < 1.29 is 9.84 Å². The average molecular weight is 277 g/mol. The summed E-state index contributed by atoms with van der Waals surface area (Å²) in [6.07, 6.45) is 2.04. The maximum atomic E-state index is 10.0. The first-order valence-electron chi connectivity index (χ1n) is 7.57. The van der Waals surface area contributed by atoms with Crippen LogP contribution >= 0.6 is 0 Å². The summed E-state index contributed by atoms with van der Waals surface area (Å²) >= 11 is 0. The van der Waals surface area contributed by atoms with Crippen LogP contribution in [0.4, 0.5) is 0 Å². The summed E-state index contributed by atoms with van der Waals surface area (Å²) in [5.41, 5.74) is 1.62. The topological polar surface area (TPSA) is 32.7 Å². The van der Waals surface area contributed by atoms with Crippen molar-refractivity contribution in [2.24, 2.45) is 5.41 Å². The standard InChI is InChI=1S/C17H27NO2/c1-17(2)8-10-18(11-9-17)12-16(19)14-20-13-15-6-4-3-5-7-15/h3-7,16,19H,8-14H2,1-2H3. The Bertz CT molecular complexity index is 381. The molecule has 3 heteroatoms. The van der Waals surface area contributed by atoms with E-state index in [1.165, 1.54) is 12.8 Å². The van der Waals surface area contributed by atoms with E-state index < -0.39 is 0 Å². The van der Waals surface area contributed by atoms with E-state index in [1.54, 1.807) is 0 Å². The molecule has 112 valence electrons. The first-order chi connectivity index (χ1) is 9.55. The Hall–Kier alpha value is -0.900. The van der Waals surface area contributed by atoms with Gasteiger partial charge in [0, 0.05) is 6.54 Å². The predicted octanol–water partition coefficient (Wildman–Crippen LogP) is 2.69. The number of hydrogen-bond acceptors (Lipinski definition) is 3. The minimum absolute atomic E-state index is 0.389. The molecule has 0 radical (unpaired) electrons. The largest absolute Gasteiger partial charge is 0.389 e. The molecular weight excluding hydrogens is 250 g/mol. The molecule has 0 spiro atoms. The van der Waals surface area contributed by atoms with Gasteiger partial charge in [-0.15, -0.1) is 0 Å². The van der Waals surface area contributed by atoms with Crippen LogP contribution in [-0.2, 0) is 11.3 Å². The Kier molecular flexibility index (Phi) is 5.58. The zero-order chi connectivity index (χ0) is 14.4. The number of nitrogens with zero attached hydrogens (tertiary/aromatic N) is 1. The molecule has 1 aromatic rings. The molecular formula is C17H27NO2. The molecule has 1 aliphatic heterocycles.